The van der Waals surface area contributed by atoms with Gasteiger partial charge < -0.3 is 25.4 Å². The first-order chi connectivity index (χ1) is 17.5. The summed E-state index contributed by atoms with van der Waals surface area (Å²) >= 11 is 1.51. The minimum Gasteiger partial charge on any atom is -0.481 e. The number of hydrogen-bond donors (Lipinski definition) is 3. The lowest BCUT2D eigenvalue weighted by atomic mass is 9.76. The Labute approximate surface area is 214 Å². The van der Waals surface area contributed by atoms with Gasteiger partial charge in [-0.1, -0.05) is 0 Å². The van der Waals surface area contributed by atoms with Crippen molar-refractivity contribution in [3.8, 4) is 5.88 Å². The van der Waals surface area contributed by atoms with E-state index in [1.807, 2.05) is 36.5 Å². The van der Waals surface area contributed by atoms with E-state index in [4.69, 9.17) is 4.74 Å². The third-order valence-corrected chi connectivity index (χ3v) is 8.80. The van der Waals surface area contributed by atoms with Crippen molar-refractivity contribution in [1.82, 2.24) is 20.3 Å². The number of amides is 1. The summed E-state index contributed by atoms with van der Waals surface area (Å²) in [6, 6.07) is 9.86. The van der Waals surface area contributed by atoms with Gasteiger partial charge in [0, 0.05) is 37.9 Å². The molecule has 5 heterocycles. The molecule has 3 aromatic rings. The lowest BCUT2D eigenvalue weighted by molar-refractivity contribution is -0.113. The van der Waals surface area contributed by atoms with Gasteiger partial charge in [-0.2, -0.15) is 0 Å². The predicted molar refractivity (Wildman–Crippen MR) is 139 cm³/mol. The molecule has 2 fully saturated rings. The minimum atomic E-state index is -0.378. The molecular weight excluding hydrogens is 476 g/mol. The Morgan fingerprint density at radius 1 is 1.19 bits per heavy atom. The van der Waals surface area contributed by atoms with E-state index in [9.17, 15) is 9.90 Å². The molecule has 6 rings (SSSR count). The number of rotatable bonds is 5. The number of nitrogens with one attached hydrogen (secondary N) is 2. The molecule has 188 valence electrons. The van der Waals surface area contributed by atoms with Crippen LogP contribution in [0.4, 0.5) is 11.5 Å². The first kappa shape index (κ1) is 23.4. The van der Waals surface area contributed by atoms with E-state index in [1.165, 1.54) is 11.8 Å². The summed E-state index contributed by atoms with van der Waals surface area (Å²) in [6.07, 6.45) is 5.27. The Kier molecular flexibility index (Phi) is 6.18. The highest BCUT2D eigenvalue weighted by molar-refractivity contribution is 8.00. The van der Waals surface area contributed by atoms with Crippen LogP contribution in [0.1, 0.15) is 31.4 Å². The van der Waals surface area contributed by atoms with Crippen LogP contribution in [0.3, 0.4) is 0 Å². The summed E-state index contributed by atoms with van der Waals surface area (Å²) in [5.74, 6) is 1.65. The predicted octanol–water partition coefficient (Wildman–Crippen LogP) is 2.98. The smallest absolute Gasteiger partial charge is 0.235 e. The number of nitrogens with zero attached hydrogens (tertiary/aromatic N) is 4. The van der Waals surface area contributed by atoms with Crippen LogP contribution < -0.4 is 20.3 Å². The summed E-state index contributed by atoms with van der Waals surface area (Å²) in [5.41, 5.74) is 3.82. The molecule has 3 N–H and O–H groups in total. The topological polar surface area (TPSA) is 112 Å². The number of aliphatic hydroxyl groups is 1. The second kappa shape index (κ2) is 9.49. The van der Waals surface area contributed by atoms with E-state index >= 15 is 0 Å². The lowest BCUT2D eigenvalue weighted by Gasteiger charge is -2.40. The zero-order valence-corrected chi connectivity index (χ0v) is 21.1. The van der Waals surface area contributed by atoms with E-state index in [-0.39, 0.29) is 23.5 Å². The van der Waals surface area contributed by atoms with Crippen LogP contribution in [0, 0.1) is 5.41 Å². The van der Waals surface area contributed by atoms with Crippen molar-refractivity contribution in [2.75, 3.05) is 36.2 Å². The van der Waals surface area contributed by atoms with E-state index in [0.29, 0.717) is 24.0 Å². The average Bonchev–Trinajstić information content (AvgIpc) is 3.21. The third-order valence-electron chi connectivity index (χ3n) is 7.75. The van der Waals surface area contributed by atoms with Gasteiger partial charge in [0.2, 0.25) is 11.8 Å². The Morgan fingerprint density at radius 2 is 2.06 bits per heavy atom. The molecule has 36 heavy (non-hydrogen) atoms. The number of carbonyl (C=O) groups is 1. The van der Waals surface area contributed by atoms with Crippen LogP contribution in [-0.2, 0) is 11.3 Å². The highest BCUT2D eigenvalue weighted by Crippen LogP contribution is 2.47. The van der Waals surface area contributed by atoms with Gasteiger partial charge in [-0.3, -0.25) is 9.78 Å². The van der Waals surface area contributed by atoms with Crippen LogP contribution >= 0.6 is 11.8 Å². The minimum absolute atomic E-state index is 0.0145. The molecule has 0 unspecified atom stereocenters. The van der Waals surface area contributed by atoms with Gasteiger partial charge in [-0.15, -0.1) is 11.8 Å². The molecule has 3 aromatic heterocycles. The van der Waals surface area contributed by atoms with Crippen LogP contribution in [0.2, 0.25) is 0 Å². The fraction of sp³-hybridized carbons (Fsp3) is 0.462. The normalized spacial score (nSPS) is 23.1. The molecule has 2 aliphatic heterocycles. The van der Waals surface area contributed by atoms with Gasteiger partial charge in [0.05, 0.1) is 40.8 Å². The Bertz CT molecular complexity index is 1300. The zero-order valence-electron chi connectivity index (χ0n) is 20.2. The first-order valence-corrected chi connectivity index (χ1v) is 13.4. The molecule has 0 aromatic carbocycles. The quantitative estimate of drug-likeness (QED) is 0.481. The molecule has 2 atom stereocenters. The number of pyridine rings is 3. The Morgan fingerprint density at radius 3 is 2.89 bits per heavy atom. The molecule has 1 saturated heterocycles. The number of hydrogen-bond acceptors (Lipinski definition) is 9. The van der Waals surface area contributed by atoms with Crippen molar-refractivity contribution < 1.29 is 14.6 Å². The van der Waals surface area contributed by atoms with Crippen molar-refractivity contribution in [2.24, 2.45) is 5.41 Å². The van der Waals surface area contributed by atoms with Gasteiger partial charge in [-0.05, 0) is 55.4 Å². The molecular formula is C26H30N6O3S. The van der Waals surface area contributed by atoms with Crippen LogP contribution in [-0.4, -0.2) is 64.1 Å². The summed E-state index contributed by atoms with van der Waals surface area (Å²) in [6.45, 7) is 2.40. The Balaban J connectivity index is 1.10. The summed E-state index contributed by atoms with van der Waals surface area (Å²) in [7, 11) is 1.63. The molecule has 3 aliphatic rings. The molecule has 1 spiro atoms. The zero-order chi connectivity index (χ0) is 24.7. The number of anilines is 2. The standard InChI is InChI=1S/C26H30N6O3S/c1-35-23-5-3-17-24(31-23)19(6-9-27-17)32-10-7-26(8-11-32)12-18(20(33)13-26)28-14-16-2-4-21-25(29-16)30-22(34)15-36-21/h2-6,9,18,20,28,33H,7-8,10-15H2,1H3,(H,29,30,34)/t18-,20-/m0/s1. The molecule has 10 heteroatoms. The van der Waals surface area contributed by atoms with E-state index < -0.39 is 0 Å². The van der Waals surface area contributed by atoms with Gasteiger partial charge in [0.25, 0.3) is 0 Å². The monoisotopic (exact) mass is 506 g/mol. The summed E-state index contributed by atoms with van der Waals surface area (Å²) < 4.78 is 5.34. The molecule has 0 bridgehead atoms. The number of aliphatic hydroxyl groups excluding tert-OH is 1. The highest BCUT2D eigenvalue weighted by atomic mass is 32.2. The number of ether oxygens (including phenoxy) is 1. The average molecular weight is 507 g/mol. The second-order valence-electron chi connectivity index (χ2n) is 9.99. The van der Waals surface area contributed by atoms with E-state index in [1.54, 1.807) is 7.11 Å². The maximum Gasteiger partial charge on any atom is 0.235 e. The number of piperidine rings is 1. The van der Waals surface area contributed by atoms with Crippen molar-refractivity contribution >= 4 is 40.2 Å². The van der Waals surface area contributed by atoms with Crippen molar-refractivity contribution in [1.29, 1.82) is 0 Å². The number of thioether (sulfide) groups is 1. The molecule has 0 radical (unpaired) electrons. The molecule has 9 nitrogen and oxygen atoms in total. The Hall–Kier alpha value is -2.95. The van der Waals surface area contributed by atoms with Gasteiger partial charge >= 0.3 is 0 Å². The molecule has 1 saturated carbocycles. The fourth-order valence-corrected chi connectivity index (χ4v) is 6.57. The number of carbonyl (C=O) groups excluding carboxylic acids is 1. The van der Waals surface area contributed by atoms with Crippen molar-refractivity contribution in [3.63, 3.8) is 0 Å². The van der Waals surface area contributed by atoms with Gasteiger partial charge in [-0.25, -0.2) is 9.97 Å². The maximum absolute atomic E-state index is 11.7. The van der Waals surface area contributed by atoms with Crippen LogP contribution in [0.25, 0.3) is 11.0 Å². The van der Waals surface area contributed by atoms with Crippen molar-refractivity contribution in [3.05, 3.63) is 42.2 Å². The maximum atomic E-state index is 11.7. The largest absolute Gasteiger partial charge is 0.481 e. The van der Waals surface area contributed by atoms with Gasteiger partial charge in [0.15, 0.2) is 0 Å². The van der Waals surface area contributed by atoms with Crippen molar-refractivity contribution in [2.45, 2.75) is 49.3 Å². The highest BCUT2D eigenvalue weighted by Gasteiger charge is 2.46. The second-order valence-corrected chi connectivity index (χ2v) is 11.0. The van der Waals surface area contributed by atoms with E-state index in [0.717, 1.165) is 66.1 Å². The lowest BCUT2D eigenvalue weighted by Crippen LogP contribution is -2.40. The van der Waals surface area contributed by atoms with Crippen LogP contribution in [0.15, 0.2) is 41.4 Å². The fourth-order valence-electron chi connectivity index (χ4n) is 5.81. The number of methoxy groups -OCH3 is 1. The number of aromatic nitrogens is 3. The summed E-state index contributed by atoms with van der Waals surface area (Å²) in [5, 5.41) is 17.3. The summed E-state index contributed by atoms with van der Waals surface area (Å²) in [4.78, 5) is 28.8. The van der Waals surface area contributed by atoms with E-state index in [2.05, 4.69) is 30.5 Å². The first-order valence-electron chi connectivity index (χ1n) is 12.4. The van der Waals surface area contributed by atoms with Crippen LogP contribution in [0.5, 0.6) is 5.88 Å². The third kappa shape index (κ3) is 4.49. The molecule has 1 amide bonds. The molecule has 1 aliphatic carbocycles. The van der Waals surface area contributed by atoms with Gasteiger partial charge in [0.1, 0.15) is 11.3 Å². The number of fused-ring (bicyclic) bond motifs is 2. The SMILES string of the molecule is COc1ccc2nccc(N3CCC4(CC3)C[C@H](NCc3ccc5c(n3)NC(=O)CS5)[C@@H](O)C4)c2n1.